The van der Waals surface area contributed by atoms with Gasteiger partial charge in [-0.25, -0.2) is 14.2 Å². The molecule has 4 aromatic rings. The Kier molecular flexibility index (Phi) is 22.3. The molecule has 1 amide bonds. The summed E-state index contributed by atoms with van der Waals surface area (Å²) in [5.74, 6) is -0.936. The Labute approximate surface area is 386 Å². The number of aromatic nitrogens is 2. The quantitative estimate of drug-likeness (QED) is 0.0553. The number of nitrogens with two attached hydrogens (primary N) is 1. The first-order valence-electron chi connectivity index (χ1n) is 20.6. The Morgan fingerprint density at radius 2 is 1.61 bits per heavy atom. The number of aliphatic carboxylic acids is 1. The minimum Gasteiger partial charge on any atom is -0.489 e. The number of alkyl halides is 4. The van der Waals surface area contributed by atoms with Crippen molar-refractivity contribution in [2.75, 3.05) is 44.4 Å². The Morgan fingerprint density at radius 1 is 0.970 bits per heavy atom. The van der Waals surface area contributed by atoms with Crippen molar-refractivity contribution >= 4 is 42.5 Å². The highest BCUT2D eigenvalue weighted by atomic mass is 35.5. The number of rotatable bonds is 18. The van der Waals surface area contributed by atoms with Gasteiger partial charge in [0, 0.05) is 38.6 Å². The standard InChI is InChI=1S/C25H25F3N2O6.C15H22ClNO2.C5H12NO4P/c1-5-16-6-7-17(20(12-16)36-15(2)23(32)34-4)14-35-19-10-8-18(9-11-19)30-22(31)13-21(25(26,27)28)29(3)24(30)33;1-5-13-8-6-7-11(2)15(13)17(14(18)9-16)12(3)10-19-4;1-11(9,10)3-2-4(6)5(7)8/h6-13,15H,5,14H2,1-4H3;6-8,12H,5,9-10H2,1-4H3;4H,2-3,6H2,1H3,(H,7,8)(H,9,10). The van der Waals surface area contributed by atoms with Crippen molar-refractivity contribution in [1.82, 2.24) is 9.13 Å². The first-order valence-corrected chi connectivity index (χ1v) is 23.4. The van der Waals surface area contributed by atoms with E-state index in [1.807, 2.05) is 51.1 Å². The van der Waals surface area contributed by atoms with Gasteiger partial charge in [0.2, 0.25) is 5.91 Å². The molecule has 0 aliphatic rings. The number of benzene rings is 3. The van der Waals surface area contributed by atoms with Gasteiger partial charge in [0.05, 0.1) is 31.1 Å². The Morgan fingerprint density at radius 3 is 2.12 bits per heavy atom. The van der Waals surface area contributed by atoms with E-state index in [4.69, 9.17) is 46.3 Å². The van der Waals surface area contributed by atoms with Crippen LogP contribution in [0.5, 0.6) is 11.5 Å². The molecule has 0 saturated heterocycles. The normalized spacial score (nSPS) is 13.3. The monoisotopic (exact) mass is 970 g/mol. The third-order valence-electron chi connectivity index (χ3n) is 9.82. The molecule has 21 heteroatoms. The summed E-state index contributed by atoms with van der Waals surface area (Å²) in [7, 11) is 0.753. The lowest BCUT2D eigenvalue weighted by Gasteiger charge is -2.31. The van der Waals surface area contributed by atoms with Crippen LogP contribution in [-0.2, 0) is 61.1 Å². The van der Waals surface area contributed by atoms with Crippen LogP contribution in [-0.4, -0.2) is 94.7 Å². The number of hydrogen-bond donors (Lipinski definition) is 3. The second kappa shape index (κ2) is 26.0. The molecular formula is C45H59ClF3N4O12P. The van der Waals surface area contributed by atoms with Gasteiger partial charge in [-0.2, -0.15) is 13.2 Å². The van der Waals surface area contributed by atoms with Gasteiger partial charge in [-0.05, 0) is 87.1 Å². The summed E-state index contributed by atoms with van der Waals surface area (Å²) >= 11 is 5.76. The average Bonchev–Trinajstić information content (AvgIpc) is 3.26. The van der Waals surface area contributed by atoms with Crippen molar-refractivity contribution in [2.45, 2.75) is 84.9 Å². The number of amides is 1. The topological polar surface area (TPSA) is 219 Å². The third kappa shape index (κ3) is 16.8. The predicted molar refractivity (Wildman–Crippen MR) is 245 cm³/mol. The molecule has 4 rings (SSSR count). The number of nitrogens with zero attached hydrogens (tertiary/aromatic N) is 3. The minimum absolute atomic E-state index is 0.0223. The highest BCUT2D eigenvalue weighted by Gasteiger charge is 2.35. The summed E-state index contributed by atoms with van der Waals surface area (Å²) in [4.78, 5) is 69.3. The predicted octanol–water partition coefficient (Wildman–Crippen LogP) is 6.49. The molecule has 0 radical (unpaired) electrons. The molecule has 3 aromatic carbocycles. The smallest absolute Gasteiger partial charge is 0.431 e. The van der Waals surface area contributed by atoms with E-state index in [-0.39, 0.29) is 42.7 Å². The number of carbonyl (C=O) groups is 3. The van der Waals surface area contributed by atoms with E-state index < -0.39 is 54.6 Å². The number of carboxylic acids is 1. The van der Waals surface area contributed by atoms with Gasteiger partial charge in [0.15, 0.2) is 13.5 Å². The average molecular weight is 971 g/mol. The van der Waals surface area contributed by atoms with Crippen LogP contribution in [0.2, 0.25) is 0 Å². The van der Waals surface area contributed by atoms with Gasteiger partial charge in [0.1, 0.15) is 35.7 Å². The van der Waals surface area contributed by atoms with Crippen LogP contribution in [0.4, 0.5) is 18.9 Å². The number of halogens is 4. The molecule has 0 fully saturated rings. The van der Waals surface area contributed by atoms with Crippen molar-refractivity contribution in [3.63, 3.8) is 0 Å². The maximum absolute atomic E-state index is 13.1. The van der Waals surface area contributed by atoms with Crippen molar-refractivity contribution in [3.8, 4) is 17.2 Å². The second-order valence-corrected chi connectivity index (χ2v) is 17.9. The molecule has 1 aromatic heterocycles. The summed E-state index contributed by atoms with van der Waals surface area (Å²) in [6, 6.07) is 16.7. The highest BCUT2D eigenvalue weighted by molar-refractivity contribution is 7.57. The number of methoxy groups -OCH3 is 2. The zero-order chi connectivity index (χ0) is 50.1. The van der Waals surface area contributed by atoms with Gasteiger partial charge in [-0.15, -0.1) is 11.6 Å². The first kappa shape index (κ1) is 56.7. The van der Waals surface area contributed by atoms with Gasteiger partial charge in [-0.3, -0.25) is 23.5 Å². The molecule has 364 valence electrons. The molecule has 0 aliphatic heterocycles. The van der Waals surface area contributed by atoms with Crippen molar-refractivity contribution < 1.29 is 61.1 Å². The maximum atomic E-state index is 13.1. The second-order valence-electron chi connectivity index (χ2n) is 15.0. The number of carbonyl (C=O) groups excluding carboxylic acids is 2. The van der Waals surface area contributed by atoms with Gasteiger partial charge < -0.3 is 39.6 Å². The number of hydrogen-bond acceptors (Lipinski definition) is 11. The summed E-state index contributed by atoms with van der Waals surface area (Å²) in [5.41, 5.74) is 6.50. The van der Waals surface area contributed by atoms with E-state index in [1.165, 1.54) is 38.0 Å². The van der Waals surface area contributed by atoms with Crippen LogP contribution >= 0.6 is 19.0 Å². The fraction of sp³-hybridized carbons (Fsp3) is 0.444. The SMILES string of the molecule is CCc1ccc(COc2ccc(-n3c(=O)cc(C(F)(F)F)n(C)c3=O)cc2)c(OC(C)C(=O)OC)c1.CCc1cccc(C)c1N(C(=O)CCl)C(C)COC.CP(=O)(O)CCC(N)C(=O)O. The molecule has 0 saturated carbocycles. The van der Waals surface area contributed by atoms with E-state index in [9.17, 15) is 41.7 Å². The van der Waals surface area contributed by atoms with Crippen LogP contribution in [0.25, 0.3) is 5.69 Å². The zero-order valence-electron chi connectivity index (χ0n) is 38.4. The van der Waals surface area contributed by atoms with E-state index in [0.29, 0.717) is 38.9 Å². The summed E-state index contributed by atoms with van der Waals surface area (Å²) in [6.07, 6.45) is -4.03. The number of para-hydroxylation sites is 1. The Hall–Kier alpha value is -5.46. The largest absolute Gasteiger partial charge is 0.489 e. The fourth-order valence-electron chi connectivity index (χ4n) is 6.26. The lowest BCUT2D eigenvalue weighted by atomic mass is 10.0. The molecule has 4 atom stereocenters. The fourth-order valence-corrected chi connectivity index (χ4v) is 7.15. The third-order valence-corrected chi connectivity index (χ3v) is 11.1. The molecule has 16 nitrogen and oxygen atoms in total. The van der Waals surface area contributed by atoms with E-state index >= 15 is 0 Å². The number of ether oxygens (including phenoxy) is 4. The van der Waals surface area contributed by atoms with Gasteiger partial charge in [0.25, 0.3) is 5.56 Å². The van der Waals surface area contributed by atoms with Crippen LogP contribution in [0, 0.1) is 6.92 Å². The number of aryl methyl sites for hydroxylation is 3. The lowest BCUT2D eigenvalue weighted by molar-refractivity contribution is -0.148. The molecule has 4 unspecified atom stereocenters. The van der Waals surface area contributed by atoms with E-state index in [2.05, 4.69) is 13.0 Å². The van der Waals surface area contributed by atoms with Crippen LogP contribution in [0.1, 0.15) is 62.1 Å². The summed E-state index contributed by atoms with van der Waals surface area (Å²) in [6.45, 7) is 11.4. The number of esters is 1. The number of carboxylic acid groups (broad SMARTS) is 1. The Bertz CT molecular complexity index is 2420. The maximum Gasteiger partial charge on any atom is 0.431 e. The minimum atomic E-state index is -4.84. The zero-order valence-corrected chi connectivity index (χ0v) is 40.0. The van der Waals surface area contributed by atoms with Gasteiger partial charge >= 0.3 is 23.8 Å². The highest BCUT2D eigenvalue weighted by Crippen LogP contribution is 2.36. The first-order chi connectivity index (χ1) is 30.8. The summed E-state index contributed by atoms with van der Waals surface area (Å²) in [5, 5.41) is 8.28. The van der Waals surface area contributed by atoms with E-state index in [0.717, 1.165) is 42.3 Å². The molecular weight excluding hydrogens is 912 g/mol. The van der Waals surface area contributed by atoms with Gasteiger partial charge in [-0.1, -0.05) is 44.2 Å². The lowest BCUT2D eigenvalue weighted by Crippen LogP contribution is -2.43. The molecule has 1 heterocycles. The van der Waals surface area contributed by atoms with Crippen LogP contribution < -0.4 is 31.4 Å². The van der Waals surface area contributed by atoms with Crippen molar-refractivity contribution in [3.05, 3.63) is 116 Å². The summed E-state index contributed by atoms with van der Waals surface area (Å²) < 4.78 is 72.3. The molecule has 0 aliphatic carbocycles. The number of anilines is 1. The van der Waals surface area contributed by atoms with Crippen LogP contribution in [0.15, 0.2) is 76.3 Å². The van der Waals surface area contributed by atoms with E-state index in [1.54, 1.807) is 18.9 Å². The molecule has 4 N–H and O–H groups in total. The molecule has 0 bridgehead atoms. The van der Waals surface area contributed by atoms with Crippen molar-refractivity contribution in [1.29, 1.82) is 0 Å². The van der Waals surface area contributed by atoms with Crippen LogP contribution in [0.3, 0.4) is 0 Å². The molecule has 66 heavy (non-hydrogen) atoms. The Balaban J connectivity index is 0.000000414. The molecule has 0 spiro atoms. The van der Waals surface area contributed by atoms with Crippen molar-refractivity contribution in [2.24, 2.45) is 12.8 Å².